The summed E-state index contributed by atoms with van der Waals surface area (Å²) in [6, 6.07) is 0.278. The van der Waals surface area contributed by atoms with Crippen LogP contribution in [0.2, 0.25) is 0 Å². The minimum Gasteiger partial charge on any atom is -0.311 e. The molecule has 0 amide bonds. The summed E-state index contributed by atoms with van der Waals surface area (Å²) in [4.78, 5) is 4.34. The molecule has 0 aliphatic rings. The summed E-state index contributed by atoms with van der Waals surface area (Å²) in [6.07, 6.45) is 4.96. The Morgan fingerprint density at radius 1 is 1.56 bits per heavy atom. The molecule has 2 aromatic rings. The molecular formula is C11H16N4S. The van der Waals surface area contributed by atoms with Gasteiger partial charge in [-0.15, -0.1) is 11.3 Å². The van der Waals surface area contributed by atoms with Gasteiger partial charge in [-0.05, 0) is 26.0 Å². The molecule has 0 bridgehead atoms. The molecule has 2 rings (SSSR count). The molecule has 16 heavy (non-hydrogen) atoms. The van der Waals surface area contributed by atoms with Gasteiger partial charge in [0.05, 0.1) is 23.4 Å². The van der Waals surface area contributed by atoms with Crippen molar-refractivity contribution >= 4 is 11.3 Å². The van der Waals surface area contributed by atoms with Crippen molar-refractivity contribution in [2.24, 2.45) is 0 Å². The first-order chi connectivity index (χ1) is 7.83. The van der Waals surface area contributed by atoms with E-state index in [1.165, 1.54) is 5.56 Å². The third-order valence-electron chi connectivity index (χ3n) is 2.61. The summed E-state index contributed by atoms with van der Waals surface area (Å²) in [5.41, 5.74) is 4.22. The van der Waals surface area contributed by atoms with Crippen molar-refractivity contribution in [1.82, 2.24) is 20.1 Å². The van der Waals surface area contributed by atoms with Crippen molar-refractivity contribution in [1.29, 1.82) is 0 Å². The summed E-state index contributed by atoms with van der Waals surface area (Å²) >= 11 is 1.63. The van der Waals surface area contributed by atoms with E-state index < -0.39 is 0 Å². The van der Waals surface area contributed by atoms with Gasteiger partial charge in [0.1, 0.15) is 0 Å². The van der Waals surface area contributed by atoms with E-state index in [9.17, 15) is 0 Å². The van der Waals surface area contributed by atoms with Gasteiger partial charge in [-0.1, -0.05) is 0 Å². The maximum absolute atomic E-state index is 4.34. The summed E-state index contributed by atoms with van der Waals surface area (Å²) < 4.78 is 1.95. The third-order valence-corrected chi connectivity index (χ3v) is 3.21. The van der Waals surface area contributed by atoms with Crippen LogP contribution in [0, 0.1) is 0 Å². The zero-order valence-electron chi connectivity index (χ0n) is 9.55. The van der Waals surface area contributed by atoms with Crippen molar-refractivity contribution in [2.75, 3.05) is 7.05 Å². The first-order valence-electron chi connectivity index (χ1n) is 5.40. The van der Waals surface area contributed by atoms with Gasteiger partial charge in [-0.2, -0.15) is 5.10 Å². The lowest BCUT2D eigenvalue weighted by atomic mass is 10.1. The van der Waals surface area contributed by atoms with E-state index in [4.69, 9.17) is 0 Å². The highest BCUT2D eigenvalue weighted by Gasteiger charge is 2.12. The topological polar surface area (TPSA) is 42.7 Å². The summed E-state index contributed by atoms with van der Waals surface area (Å²) in [5, 5.41) is 9.65. The maximum atomic E-state index is 4.34. The van der Waals surface area contributed by atoms with Gasteiger partial charge in [0.2, 0.25) is 0 Å². The second-order valence-electron chi connectivity index (χ2n) is 3.66. The number of nitrogens with zero attached hydrogens (tertiary/aromatic N) is 3. The Balaban J connectivity index is 2.07. The van der Waals surface area contributed by atoms with E-state index in [0.717, 1.165) is 18.7 Å². The smallest absolute Gasteiger partial charge is 0.0795 e. The van der Waals surface area contributed by atoms with E-state index in [0.29, 0.717) is 0 Å². The monoisotopic (exact) mass is 236 g/mol. The van der Waals surface area contributed by atoms with Crippen LogP contribution in [-0.2, 0) is 13.0 Å². The number of nitrogens with one attached hydrogen (secondary N) is 1. The molecule has 4 nitrogen and oxygen atoms in total. The Morgan fingerprint density at radius 3 is 3.00 bits per heavy atom. The van der Waals surface area contributed by atoms with Crippen LogP contribution >= 0.6 is 11.3 Å². The molecule has 1 atom stereocenters. The standard InChI is InChI=1S/C11H16N4S/c1-3-15-6-9(5-14-15)4-10(12-2)11-7-16-8-13-11/h5-8,10,12H,3-4H2,1-2H3. The normalized spacial score (nSPS) is 12.9. The number of aromatic nitrogens is 3. The molecule has 5 heteroatoms. The number of aryl methyl sites for hydroxylation is 1. The molecule has 0 aliphatic heterocycles. The first kappa shape index (κ1) is 11.3. The Morgan fingerprint density at radius 2 is 2.44 bits per heavy atom. The second kappa shape index (κ2) is 5.23. The predicted octanol–water partition coefficient (Wildman–Crippen LogP) is 1.86. The molecule has 86 valence electrons. The number of thiazole rings is 1. The van der Waals surface area contributed by atoms with Crippen LogP contribution in [0.1, 0.15) is 24.2 Å². The molecule has 0 saturated heterocycles. The highest BCUT2D eigenvalue weighted by Crippen LogP contribution is 2.17. The number of hydrogen-bond donors (Lipinski definition) is 1. The van der Waals surface area contributed by atoms with Crippen LogP contribution in [0.15, 0.2) is 23.3 Å². The number of hydrogen-bond acceptors (Lipinski definition) is 4. The minimum absolute atomic E-state index is 0.278. The van der Waals surface area contributed by atoms with E-state index in [2.05, 4.69) is 33.9 Å². The van der Waals surface area contributed by atoms with Crippen LogP contribution in [0.5, 0.6) is 0 Å². The average Bonchev–Trinajstić information content (AvgIpc) is 2.96. The molecule has 0 spiro atoms. The molecule has 0 fully saturated rings. The zero-order valence-corrected chi connectivity index (χ0v) is 10.4. The second-order valence-corrected chi connectivity index (χ2v) is 4.38. The quantitative estimate of drug-likeness (QED) is 0.861. The highest BCUT2D eigenvalue weighted by molar-refractivity contribution is 7.07. The fourth-order valence-electron chi connectivity index (χ4n) is 1.67. The molecule has 1 N–H and O–H groups in total. The van der Waals surface area contributed by atoms with Crippen LogP contribution < -0.4 is 5.32 Å². The molecule has 0 radical (unpaired) electrons. The number of rotatable bonds is 5. The largest absolute Gasteiger partial charge is 0.311 e. The lowest BCUT2D eigenvalue weighted by Gasteiger charge is -2.12. The van der Waals surface area contributed by atoms with Crippen LogP contribution in [0.4, 0.5) is 0 Å². The SMILES string of the molecule is CCn1cc(CC(NC)c2cscn2)cn1. The third kappa shape index (κ3) is 2.48. The Kier molecular flexibility index (Phi) is 3.69. The Bertz CT molecular complexity index is 421. The first-order valence-corrected chi connectivity index (χ1v) is 6.34. The van der Waals surface area contributed by atoms with Crippen LogP contribution in [-0.4, -0.2) is 21.8 Å². The van der Waals surface area contributed by atoms with Crippen molar-refractivity contribution in [3.8, 4) is 0 Å². The summed E-state index contributed by atoms with van der Waals surface area (Å²) in [7, 11) is 1.97. The zero-order chi connectivity index (χ0) is 11.4. The van der Waals surface area contributed by atoms with Crippen molar-refractivity contribution < 1.29 is 0 Å². The summed E-state index contributed by atoms with van der Waals surface area (Å²) in [5.74, 6) is 0. The van der Waals surface area contributed by atoms with Gasteiger partial charge < -0.3 is 5.32 Å². The molecule has 2 aromatic heterocycles. The molecule has 0 aliphatic carbocycles. The van der Waals surface area contributed by atoms with Crippen LogP contribution in [0.3, 0.4) is 0 Å². The van der Waals surface area contributed by atoms with Gasteiger partial charge in [0.15, 0.2) is 0 Å². The fourth-order valence-corrected chi connectivity index (χ4v) is 2.28. The van der Waals surface area contributed by atoms with Crippen LogP contribution in [0.25, 0.3) is 0 Å². The van der Waals surface area contributed by atoms with Gasteiger partial charge in [-0.3, -0.25) is 4.68 Å². The molecule has 0 aromatic carbocycles. The van der Waals surface area contributed by atoms with E-state index in [1.807, 2.05) is 23.4 Å². The van der Waals surface area contributed by atoms with Crippen molar-refractivity contribution in [3.63, 3.8) is 0 Å². The lowest BCUT2D eigenvalue weighted by molar-refractivity contribution is 0.578. The van der Waals surface area contributed by atoms with E-state index in [-0.39, 0.29) is 6.04 Å². The van der Waals surface area contributed by atoms with Gasteiger partial charge in [0.25, 0.3) is 0 Å². The highest BCUT2D eigenvalue weighted by atomic mass is 32.1. The Labute approximate surface area is 99.3 Å². The molecule has 1 unspecified atom stereocenters. The molecule has 2 heterocycles. The van der Waals surface area contributed by atoms with Gasteiger partial charge in [-0.25, -0.2) is 4.98 Å². The maximum Gasteiger partial charge on any atom is 0.0795 e. The number of likely N-dealkylation sites (N-methyl/N-ethyl adjacent to an activating group) is 1. The van der Waals surface area contributed by atoms with Crippen molar-refractivity contribution in [2.45, 2.75) is 25.9 Å². The van der Waals surface area contributed by atoms with Gasteiger partial charge >= 0.3 is 0 Å². The molecular weight excluding hydrogens is 220 g/mol. The van der Waals surface area contributed by atoms with E-state index in [1.54, 1.807) is 11.3 Å². The van der Waals surface area contributed by atoms with Crippen molar-refractivity contribution in [3.05, 3.63) is 34.5 Å². The summed E-state index contributed by atoms with van der Waals surface area (Å²) in [6.45, 7) is 3.01. The predicted molar refractivity (Wildman–Crippen MR) is 65.5 cm³/mol. The Hall–Kier alpha value is -1.20. The van der Waals surface area contributed by atoms with Gasteiger partial charge in [0, 0.05) is 18.1 Å². The fraction of sp³-hybridized carbons (Fsp3) is 0.455. The molecule has 0 saturated carbocycles. The average molecular weight is 236 g/mol. The van der Waals surface area contributed by atoms with E-state index >= 15 is 0 Å². The minimum atomic E-state index is 0.278. The lowest BCUT2D eigenvalue weighted by Crippen LogP contribution is -2.18.